The molecule has 0 amide bonds. The van der Waals surface area contributed by atoms with Gasteiger partial charge < -0.3 is 5.32 Å². The third-order valence-electron chi connectivity index (χ3n) is 3.44. The lowest BCUT2D eigenvalue weighted by molar-refractivity contribution is 0.537. The van der Waals surface area contributed by atoms with Crippen molar-refractivity contribution in [3.05, 3.63) is 57.0 Å². The normalized spacial score (nSPS) is 12.4. The van der Waals surface area contributed by atoms with Crippen LogP contribution in [0.25, 0.3) is 11.1 Å². The van der Waals surface area contributed by atoms with E-state index in [-0.39, 0.29) is 0 Å². The smallest absolute Gasteiger partial charge is 0.0514 e. The third-order valence-corrected chi connectivity index (χ3v) is 4.26. The average molecular weight is 343 g/mol. The van der Waals surface area contributed by atoms with Crippen molar-refractivity contribution in [2.24, 2.45) is 0 Å². The van der Waals surface area contributed by atoms with Crippen molar-refractivity contribution >= 4 is 34.8 Å². The van der Waals surface area contributed by atoms with Gasteiger partial charge in [0.15, 0.2) is 0 Å². The molecule has 0 spiro atoms. The molecule has 0 aliphatic carbocycles. The summed E-state index contributed by atoms with van der Waals surface area (Å²) in [4.78, 5) is 0. The third kappa shape index (κ3) is 3.92. The van der Waals surface area contributed by atoms with Crippen molar-refractivity contribution in [2.45, 2.75) is 26.3 Å². The van der Waals surface area contributed by atoms with Crippen molar-refractivity contribution < 1.29 is 0 Å². The molecule has 0 fully saturated rings. The van der Waals surface area contributed by atoms with Crippen LogP contribution < -0.4 is 5.32 Å². The number of rotatable bonds is 5. The van der Waals surface area contributed by atoms with Crippen LogP contribution in [0.1, 0.15) is 31.9 Å². The molecule has 0 aliphatic heterocycles. The van der Waals surface area contributed by atoms with Crippen molar-refractivity contribution in [3.8, 4) is 11.1 Å². The highest BCUT2D eigenvalue weighted by molar-refractivity contribution is 6.41. The Balaban J connectivity index is 2.47. The van der Waals surface area contributed by atoms with E-state index in [9.17, 15) is 0 Å². The van der Waals surface area contributed by atoms with Crippen LogP contribution in [0.3, 0.4) is 0 Å². The second-order valence-corrected chi connectivity index (χ2v) is 6.14. The highest BCUT2D eigenvalue weighted by Gasteiger charge is 2.13. The van der Waals surface area contributed by atoms with Crippen LogP contribution in [0.5, 0.6) is 0 Å². The van der Waals surface area contributed by atoms with E-state index in [1.54, 1.807) is 12.1 Å². The Morgan fingerprint density at radius 2 is 1.67 bits per heavy atom. The molecule has 0 bridgehead atoms. The molecule has 0 radical (unpaired) electrons. The largest absolute Gasteiger partial charge is 0.310 e. The van der Waals surface area contributed by atoms with E-state index in [0.717, 1.165) is 24.1 Å². The molecule has 1 nitrogen and oxygen atoms in total. The molecule has 1 N–H and O–H groups in total. The van der Waals surface area contributed by atoms with Crippen LogP contribution in [0.2, 0.25) is 15.1 Å². The molecule has 0 heterocycles. The standard InChI is InChI=1S/C17H18Cl3N/c1-3-16(21-4-2)11-6-5-7-12(8-11)17-14(19)9-13(18)10-15(17)20/h5-10,16,21H,3-4H2,1-2H3. The molecular formula is C17H18Cl3N. The van der Waals surface area contributed by atoms with E-state index in [0.29, 0.717) is 21.1 Å². The zero-order chi connectivity index (χ0) is 15.4. The number of nitrogens with one attached hydrogen (secondary N) is 1. The van der Waals surface area contributed by atoms with Gasteiger partial charge in [-0.2, -0.15) is 0 Å². The quantitative estimate of drug-likeness (QED) is 0.665. The molecule has 0 saturated carbocycles. The van der Waals surface area contributed by atoms with Gasteiger partial charge in [-0.1, -0.05) is 66.8 Å². The van der Waals surface area contributed by atoms with Crippen LogP contribution in [-0.4, -0.2) is 6.54 Å². The predicted octanol–water partition coefficient (Wildman–Crippen LogP) is 6.37. The summed E-state index contributed by atoms with van der Waals surface area (Å²) in [5.74, 6) is 0. The zero-order valence-corrected chi connectivity index (χ0v) is 14.4. The lowest BCUT2D eigenvalue weighted by Gasteiger charge is -2.18. The number of benzene rings is 2. The van der Waals surface area contributed by atoms with Crippen molar-refractivity contribution in [1.29, 1.82) is 0 Å². The van der Waals surface area contributed by atoms with Gasteiger partial charge in [-0.05, 0) is 42.3 Å². The molecule has 21 heavy (non-hydrogen) atoms. The summed E-state index contributed by atoms with van der Waals surface area (Å²) < 4.78 is 0. The van der Waals surface area contributed by atoms with Gasteiger partial charge in [-0.3, -0.25) is 0 Å². The Morgan fingerprint density at radius 3 is 2.24 bits per heavy atom. The van der Waals surface area contributed by atoms with E-state index in [1.807, 2.05) is 12.1 Å². The predicted molar refractivity (Wildman–Crippen MR) is 93.6 cm³/mol. The summed E-state index contributed by atoms with van der Waals surface area (Å²) in [5, 5.41) is 5.16. The van der Waals surface area contributed by atoms with Crippen LogP contribution in [0.4, 0.5) is 0 Å². The molecule has 2 aromatic rings. The molecule has 2 aromatic carbocycles. The fourth-order valence-electron chi connectivity index (χ4n) is 2.47. The van der Waals surface area contributed by atoms with Gasteiger partial charge in [-0.25, -0.2) is 0 Å². The van der Waals surface area contributed by atoms with Crippen molar-refractivity contribution in [1.82, 2.24) is 5.32 Å². The van der Waals surface area contributed by atoms with Crippen molar-refractivity contribution in [2.75, 3.05) is 6.54 Å². The lowest BCUT2D eigenvalue weighted by Crippen LogP contribution is -2.19. The first-order valence-corrected chi connectivity index (χ1v) is 8.18. The minimum Gasteiger partial charge on any atom is -0.310 e. The molecule has 0 aliphatic rings. The number of hydrogen-bond acceptors (Lipinski definition) is 1. The van der Waals surface area contributed by atoms with Crippen LogP contribution in [-0.2, 0) is 0 Å². The van der Waals surface area contributed by atoms with E-state index in [2.05, 4.69) is 31.3 Å². The van der Waals surface area contributed by atoms with Gasteiger partial charge in [-0.15, -0.1) is 0 Å². The Kier molecular flexibility index (Phi) is 5.95. The maximum absolute atomic E-state index is 6.31. The first-order valence-electron chi connectivity index (χ1n) is 7.05. The topological polar surface area (TPSA) is 12.0 Å². The minimum absolute atomic E-state index is 0.333. The minimum atomic E-state index is 0.333. The Bertz CT molecular complexity index is 602. The van der Waals surface area contributed by atoms with Crippen molar-refractivity contribution in [3.63, 3.8) is 0 Å². The van der Waals surface area contributed by atoms with Crippen LogP contribution in [0, 0.1) is 0 Å². The fourth-order valence-corrected chi connectivity index (χ4v) is 3.51. The highest BCUT2D eigenvalue weighted by Crippen LogP contribution is 2.38. The molecule has 4 heteroatoms. The monoisotopic (exact) mass is 341 g/mol. The van der Waals surface area contributed by atoms with E-state index < -0.39 is 0 Å². The maximum atomic E-state index is 6.31. The van der Waals surface area contributed by atoms with Gasteiger partial charge in [0.1, 0.15) is 0 Å². The Hall–Kier alpha value is -0.730. The van der Waals surface area contributed by atoms with Gasteiger partial charge in [0, 0.05) is 16.6 Å². The molecule has 0 saturated heterocycles. The maximum Gasteiger partial charge on any atom is 0.0514 e. The molecule has 1 unspecified atom stereocenters. The average Bonchev–Trinajstić information content (AvgIpc) is 2.44. The van der Waals surface area contributed by atoms with Gasteiger partial charge >= 0.3 is 0 Å². The SMILES string of the molecule is CCNC(CC)c1cccc(-c2c(Cl)cc(Cl)cc2Cl)c1. The molecular weight excluding hydrogens is 325 g/mol. The second-order valence-electron chi connectivity index (χ2n) is 4.89. The van der Waals surface area contributed by atoms with E-state index in [4.69, 9.17) is 34.8 Å². The summed E-state index contributed by atoms with van der Waals surface area (Å²) in [6, 6.07) is 12.1. The fraction of sp³-hybridized carbons (Fsp3) is 0.294. The van der Waals surface area contributed by atoms with E-state index in [1.165, 1.54) is 5.56 Å². The Morgan fingerprint density at radius 1 is 1.00 bits per heavy atom. The first kappa shape index (κ1) is 16.6. The Labute approximate surface area is 141 Å². The summed E-state index contributed by atoms with van der Waals surface area (Å²) in [6.07, 6.45) is 1.03. The summed E-state index contributed by atoms with van der Waals surface area (Å²) in [7, 11) is 0. The van der Waals surface area contributed by atoms with E-state index >= 15 is 0 Å². The summed E-state index contributed by atoms with van der Waals surface area (Å²) in [5.41, 5.74) is 3.07. The van der Waals surface area contributed by atoms with Crippen LogP contribution >= 0.6 is 34.8 Å². The summed E-state index contributed by atoms with van der Waals surface area (Å²) >= 11 is 18.6. The zero-order valence-electron chi connectivity index (χ0n) is 12.1. The second kappa shape index (κ2) is 7.51. The number of halogens is 3. The highest BCUT2D eigenvalue weighted by atomic mass is 35.5. The number of hydrogen-bond donors (Lipinski definition) is 1. The molecule has 112 valence electrons. The van der Waals surface area contributed by atoms with Gasteiger partial charge in [0.05, 0.1) is 10.0 Å². The molecule has 2 rings (SSSR count). The lowest BCUT2D eigenvalue weighted by atomic mass is 9.98. The van der Waals surface area contributed by atoms with Gasteiger partial charge in [0.25, 0.3) is 0 Å². The summed E-state index contributed by atoms with van der Waals surface area (Å²) in [6.45, 7) is 5.22. The van der Waals surface area contributed by atoms with Gasteiger partial charge in [0.2, 0.25) is 0 Å². The first-order chi connectivity index (χ1) is 10.1. The molecule has 0 aromatic heterocycles. The molecule has 1 atom stereocenters. The van der Waals surface area contributed by atoms with Crippen LogP contribution in [0.15, 0.2) is 36.4 Å².